The summed E-state index contributed by atoms with van der Waals surface area (Å²) in [7, 11) is 0. The van der Waals surface area contributed by atoms with Gasteiger partial charge in [0.25, 0.3) is 5.91 Å². The van der Waals surface area contributed by atoms with Crippen LogP contribution in [0.3, 0.4) is 0 Å². The monoisotopic (exact) mass is 485 g/mol. The summed E-state index contributed by atoms with van der Waals surface area (Å²) in [5, 5.41) is 17.3. The molecule has 1 unspecified atom stereocenters. The molecule has 1 saturated carbocycles. The number of rotatable bonds is 0. The summed E-state index contributed by atoms with van der Waals surface area (Å²) in [5.41, 5.74) is 0.964. The van der Waals surface area contributed by atoms with Crippen LogP contribution < -0.4 is 10.1 Å². The van der Waals surface area contributed by atoms with Gasteiger partial charge >= 0.3 is 0 Å². The van der Waals surface area contributed by atoms with Crippen molar-refractivity contribution in [2.75, 3.05) is 6.54 Å². The third kappa shape index (κ3) is 2.17. The van der Waals surface area contributed by atoms with E-state index >= 15 is 0 Å². The van der Waals surface area contributed by atoms with Crippen LogP contribution >= 0.6 is 0 Å². The van der Waals surface area contributed by atoms with E-state index in [9.17, 15) is 14.8 Å². The van der Waals surface area contributed by atoms with Crippen LogP contribution in [-0.2, 0) is 9.59 Å². The molecule has 3 spiro atoms. The van der Waals surface area contributed by atoms with Gasteiger partial charge in [-0.25, -0.2) is 0 Å². The van der Waals surface area contributed by atoms with E-state index in [2.05, 4.69) is 31.3 Å². The normalized spacial score (nSPS) is 36.0. The van der Waals surface area contributed by atoms with Gasteiger partial charge in [0.2, 0.25) is 17.3 Å². The number of hydrogen-bond acceptors (Lipinski definition) is 4. The van der Waals surface area contributed by atoms with E-state index in [0.29, 0.717) is 30.8 Å². The second-order valence-electron chi connectivity index (χ2n) is 12.5. The molecule has 2 amide bonds. The molecule has 0 radical (unpaired) electrons. The van der Waals surface area contributed by atoms with Gasteiger partial charge in [-0.05, 0) is 89.2 Å². The fourth-order valence-corrected chi connectivity index (χ4v) is 8.73. The Morgan fingerprint density at radius 3 is 2.72 bits per heavy atom. The van der Waals surface area contributed by atoms with Crippen LogP contribution in [0.1, 0.15) is 76.3 Å². The van der Waals surface area contributed by atoms with Crippen molar-refractivity contribution in [1.82, 2.24) is 10.2 Å². The van der Waals surface area contributed by atoms with Gasteiger partial charge in [-0.3, -0.25) is 9.59 Å². The van der Waals surface area contributed by atoms with E-state index in [1.807, 2.05) is 23.1 Å². The van der Waals surface area contributed by atoms with Crippen molar-refractivity contribution in [3.8, 4) is 5.75 Å². The van der Waals surface area contributed by atoms with Gasteiger partial charge in [0.05, 0.1) is 22.1 Å². The number of fused-ring (bicyclic) bond motifs is 6. The zero-order valence-corrected chi connectivity index (χ0v) is 20.9. The summed E-state index contributed by atoms with van der Waals surface area (Å²) in [6.07, 6.45) is 13.8. The van der Waals surface area contributed by atoms with Gasteiger partial charge < -0.3 is 20.2 Å². The fraction of sp³-hybridized carbons (Fsp3) is 0.552. The highest BCUT2D eigenvalue weighted by Gasteiger charge is 2.74. The number of piperazine rings is 1. The van der Waals surface area contributed by atoms with Crippen molar-refractivity contribution in [2.24, 2.45) is 11.3 Å². The highest BCUT2D eigenvalue weighted by molar-refractivity contribution is 6.30. The van der Waals surface area contributed by atoms with Crippen LogP contribution in [0, 0.1) is 16.5 Å². The summed E-state index contributed by atoms with van der Waals surface area (Å²) in [4.78, 5) is 29.2. The molecule has 36 heavy (non-hydrogen) atoms. The van der Waals surface area contributed by atoms with Gasteiger partial charge in [0, 0.05) is 12.5 Å². The van der Waals surface area contributed by atoms with Crippen LogP contribution in [0.25, 0.3) is 11.6 Å². The molecular formula is C29H31N3O4. The lowest BCUT2D eigenvalue weighted by molar-refractivity contribution is -0.362. The molecule has 1 aromatic carbocycles. The molecule has 1 aromatic rings. The van der Waals surface area contributed by atoms with Crippen LogP contribution in [0.15, 0.2) is 24.3 Å². The molecule has 0 aromatic heterocycles. The number of nitrogens with zero attached hydrogens (tertiary/aromatic N) is 2. The maximum Gasteiger partial charge on any atom is 0.253 e. The highest BCUT2D eigenvalue weighted by Crippen LogP contribution is 2.61. The Hall–Kier alpha value is -3.09. The van der Waals surface area contributed by atoms with Crippen molar-refractivity contribution < 1.29 is 19.1 Å². The number of carbonyl (C=O) groups is 2. The molecule has 2 aliphatic carbocycles. The van der Waals surface area contributed by atoms with Gasteiger partial charge in [0.15, 0.2) is 0 Å². The number of nitrogens with one attached hydrogen (secondary N) is 1. The molecule has 2 bridgehead atoms. The number of piperidine rings is 2. The molecule has 9 rings (SSSR count). The topological polar surface area (TPSA) is 84.7 Å². The largest absolute Gasteiger partial charge is 0.618 e. The molecule has 7 nitrogen and oxygen atoms in total. The van der Waals surface area contributed by atoms with E-state index in [-0.39, 0.29) is 23.3 Å². The Morgan fingerprint density at radius 2 is 1.92 bits per heavy atom. The van der Waals surface area contributed by atoms with Gasteiger partial charge in [-0.15, -0.1) is 0 Å². The Balaban J connectivity index is 1.32. The lowest BCUT2D eigenvalue weighted by Crippen LogP contribution is -2.83. The molecule has 1 N–H and O–H groups in total. The minimum absolute atomic E-state index is 0.0122. The van der Waals surface area contributed by atoms with Crippen molar-refractivity contribution in [3.63, 3.8) is 0 Å². The summed E-state index contributed by atoms with van der Waals surface area (Å²) in [5.74, 6) is 0.532. The second kappa shape index (κ2) is 6.24. The van der Waals surface area contributed by atoms with Gasteiger partial charge in [-0.2, -0.15) is 4.74 Å². The number of hydrogen-bond donors (Lipinski definition) is 1. The predicted molar refractivity (Wildman–Crippen MR) is 135 cm³/mol. The first kappa shape index (κ1) is 21.0. The average Bonchev–Trinajstić information content (AvgIpc) is 3.41. The first-order valence-electron chi connectivity index (χ1n) is 13.5. The Kier molecular flexibility index (Phi) is 3.65. The van der Waals surface area contributed by atoms with Crippen LogP contribution in [0.5, 0.6) is 5.75 Å². The summed E-state index contributed by atoms with van der Waals surface area (Å²) in [6.45, 7) is 4.78. The zero-order valence-electron chi connectivity index (χ0n) is 20.9. The quantitative estimate of drug-likeness (QED) is 0.444. The van der Waals surface area contributed by atoms with Gasteiger partial charge in [0.1, 0.15) is 22.4 Å². The SMILES string of the molecule is CC1(C)C2=[N+]([O-])c3c(ccc4c3C=CC3(CCCCC3)O4)C2=C[C@@]23NC(=O)[C@]4(CCCN4C2=O)CC13. The lowest BCUT2D eigenvalue weighted by Gasteiger charge is -2.62. The molecule has 3 atom stereocenters. The summed E-state index contributed by atoms with van der Waals surface area (Å²) in [6, 6.07) is 3.95. The third-order valence-electron chi connectivity index (χ3n) is 10.5. The lowest BCUT2D eigenvalue weighted by atomic mass is 9.51. The number of benzene rings is 1. The first-order chi connectivity index (χ1) is 17.2. The fourth-order valence-electron chi connectivity index (χ4n) is 8.73. The minimum Gasteiger partial charge on any atom is -0.618 e. The van der Waals surface area contributed by atoms with Crippen molar-refractivity contribution in [3.05, 3.63) is 40.6 Å². The smallest absolute Gasteiger partial charge is 0.253 e. The Bertz CT molecular complexity index is 1380. The van der Waals surface area contributed by atoms with Crippen LogP contribution in [0.2, 0.25) is 0 Å². The maximum absolute atomic E-state index is 14.1. The van der Waals surface area contributed by atoms with Crippen LogP contribution in [-0.4, -0.2) is 50.4 Å². The summed E-state index contributed by atoms with van der Waals surface area (Å²) >= 11 is 0. The minimum atomic E-state index is -1.11. The van der Waals surface area contributed by atoms with E-state index < -0.39 is 16.5 Å². The molecule has 5 fully saturated rings. The molecule has 6 aliphatic heterocycles. The van der Waals surface area contributed by atoms with Crippen molar-refractivity contribution >= 4 is 34.9 Å². The molecule has 6 heterocycles. The number of allylic oxidation sites excluding steroid dienone is 1. The Labute approximate surface area is 210 Å². The number of carbonyl (C=O) groups excluding carboxylic acids is 2. The van der Waals surface area contributed by atoms with E-state index in [1.54, 1.807) is 0 Å². The van der Waals surface area contributed by atoms with E-state index in [1.165, 1.54) is 6.42 Å². The second-order valence-corrected chi connectivity index (χ2v) is 12.5. The Morgan fingerprint density at radius 1 is 1.11 bits per heavy atom. The molecule has 7 heteroatoms. The molecule has 4 saturated heterocycles. The highest BCUT2D eigenvalue weighted by atomic mass is 16.5. The summed E-state index contributed by atoms with van der Waals surface area (Å²) < 4.78 is 7.66. The van der Waals surface area contributed by atoms with E-state index in [4.69, 9.17) is 4.74 Å². The molecular weight excluding hydrogens is 454 g/mol. The predicted octanol–water partition coefficient (Wildman–Crippen LogP) is 4.06. The van der Waals surface area contributed by atoms with E-state index in [0.717, 1.165) is 59.3 Å². The third-order valence-corrected chi connectivity index (χ3v) is 10.5. The molecule has 8 aliphatic rings. The van der Waals surface area contributed by atoms with Crippen molar-refractivity contribution in [2.45, 2.75) is 81.9 Å². The molecule has 186 valence electrons. The first-order valence-corrected chi connectivity index (χ1v) is 13.5. The number of ether oxygens (including phenoxy) is 1. The standard InChI is InChI=1S/C29H31N3O4/c1-26(2)21-16-28-12-6-14-31(28)25(34)29(21,30-24(28)33)15-19-17-7-8-20-18(22(17)32(35)23(19)26)9-13-27(36-20)10-4-3-5-11-27/h7-9,13,15,21H,3-6,10-12,14,16H2,1-2H3,(H,30,33)/t21?,28-,29-/m0/s1. The van der Waals surface area contributed by atoms with Gasteiger partial charge in [-0.1, -0.05) is 6.42 Å². The maximum atomic E-state index is 14.1. The van der Waals surface area contributed by atoms with Crippen LogP contribution in [0.4, 0.5) is 5.69 Å². The average molecular weight is 486 g/mol. The van der Waals surface area contributed by atoms with Crippen molar-refractivity contribution in [1.29, 1.82) is 0 Å². The zero-order chi connectivity index (χ0) is 24.7. The number of amides is 2.